The van der Waals surface area contributed by atoms with Crippen molar-refractivity contribution < 1.29 is 9.59 Å². The second kappa shape index (κ2) is 4.83. The molecule has 16 heavy (non-hydrogen) atoms. The van der Waals surface area contributed by atoms with Crippen LogP contribution in [0, 0.1) is 5.92 Å². The maximum Gasteiger partial charge on any atom is 0.170 e. The summed E-state index contributed by atoms with van der Waals surface area (Å²) in [5.74, 6) is 0.234. The van der Waals surface area contributed by atoms with Gasteiger partial charge in [-0.15, -0.1) is 11.8 Å². The highest BCUT2D eigenvalue weighted by Gasteiger charge is 2.30. The molecule has 84 valence electrons. The molecule has 1 aromatic rings. The Morgan fingerprint density at radius 2 is 1.88 bits per heavy atom. The Hall–Kier alpha value is -1.09. The number of hydrogen-bond donors (Lipinski definition) is 0. The Bertz CT molecular complexity index is 404. The highest BCUT2D eigenvalue weighted by Crippen LogP contribution is 2.31. The molecule has 1 fully saturated rings. The van der Waals surface area contributed by atoms with Crippen LogP contribution in [-0.4, -0.2) is 17.8 Å². The quantitative estimate of drug-likeness (QED) is 0.446. The lowest BCUT2D eigenvalue weighted by Crippen LogP contribution is -2.09. The van der Waals surface area contributed by atoms with Gasteiger partial charge < -0.3 is 0 Å². The van der Waals surface area contributed by atoms with Gasteiger partial charge in [-0.3, -0.25) is 9.59 Å². The molecule has 0 spiro atoms. The van der Waals surface area contributed by atoms with E-state index in [2.05, 4.69) is 0 Å². The average Bonchev–Trinajstić information content (AvgIpc) is 3.13. The molecule has 0 amide bonds. The summed E-state index contributed by atoms with van der Waals surface area (Å²) in [7, 11) is 0. The molecule has 0 saturated heterocycles. The van der Waals surface area contributed by atoms with E-state index in [9.17, 15) is 9.59 Å². The third-order valence-corrected chi connectivity index (χ3v) is 3.52. The summed E-state index contributed by atoms with van der Waals surface area (Å²) in [5.41, 5.74) is 0.645. The molecule has 1 aromatic carbocycles. The Morgan fingerprint density at radius 1 is 1.25 bits per heavy atom. The van der Waals surface area contributed by atoms with Gasteiger partial charge in [0.15, 0.2) is 5.78 Å². The van der Waals surface area contributed by atoms with Gasteiger partial charge >= 0.3 is 0 Å². The van der Waals surface area contributed by atoms with Crippen LogP contribution in [0.25, 0.3) is 0 Å². The minimum atomic E-state index is -0.0513. The summed E-state index contributed by atoms with van der Waals surface area (Å²) in [6, 6.07) is 7.43. The van der Waals surface area contributed by atoms with E-state index in [1.54, 1.807) is 23.9 Å². The van der Waals surface area contributed by atoms with Crippen LogP contribution in [0.4, 0.5) is 0 Å². The summed E-state index contributed by atoms with van der Waals surface area (Å²) in [5, 5.41) is 0. The van der Waals surface area contributed by atoms with Crippen LogP contribution >= 0.6 is 11.8 Å². The molecule has 0 bridgehead atoms. The summed E-state index contributed by atoms with van der Waals surface area (Å²) < 4.78 is 0. The lowest BCUT2D eigenvalue weighted by atomic mass is 10.0. The second-order valence-corrected chi connectivity index (χ2v) is 4.95. The number of rotatable bonds is 5. The Morgan fingerprint density at radius 3 is 2.38 bits per heavy atom. The van der Waals surface area contributed by atoms with E-state index in [4.69, 9.17) is 0 Å². The van der Waals surface area contributed by atoms with E-state index in [0.717, 1.165) is 17.7 Å². The molecule has 3 heteroatoms. The number of Topliss-reactive ketones (excluding diaryl/α,β-unsaturated/α-hetero) is 2. The van der Waals surface area contributed by atoms with Crippen molar-refractivity contribution >= 4 is 23.3 Å². The van der Waals surface area contributed by atoms with Gasteiger partial charge in [-0.25, -0.2) is 0 Å². The largest absolute Gasteiger partial charge is 0.299 e. The third-order valence-electron chi connectivity index (χ3n) is 2.78. The van der Waals surface area contributed by atoms with Gasteiger partial charge in [0, 0.05) is 16.4 Å². The van der Waals surface area contributed by atoms with Crippen LogP contribution in [-0.2, 0) is 4.79 Å². The van der Waals surface area contributed by atoms with Crippen molar-refractivity contribution in [2.75, 3.05) is 6.26 Å². The Labute approximate surface area is 99.4 Å². The van der Waals surface area contributed by atoms with Gasteiger partial charge in [-0.1, -0.05) is 12.1 Å². The van der Waals surface area contributed by atoms with Crippen molar-refractivity contribution in [1.29, 1.82) is 0 Å². The number of thioether (sulfide) groups is 1. The maximum atomic E-state index is 11.8. The van der Waals surface area contributed by atoms with Crippen LogP contribution in [0.15, 0.2) is 29.2 Å². The van der Waals surface area contributed by atoms with Crippen LogP contribution in [0.5, 0.6) is 0 Å². The lowest BCUT2D eigenvalue weighted by molar-refractivity contribution is -0.119. The summed E-state index contributed by atoms with van der Waals surface area (Å²) in [4.78, 5) is 24.4. The zero-order valence-corrected chi connectivity index (χ0v) is 10.0. The predicted octanol–water partition coefficient (Wildman–Crippen LogP) is 2.96. The molecule has 0 N–H and O–H groups in total. The minimum Gasteiger partial charge on any atom is -0.299 e. The van der Waals surface area contributed by atoms with E-state index < -0.39 is 0 Å². The van der Waals surface area contributed by atoms with Gasteiger partial charge in [0.25, 0.3) is 0 Å². The fourth-order valence-corrected chi connectivity index (χ4v) is 2.00. The zero-order valence-electron chi connectivity index (χ0n) is 9.23. The van der Waals surface area contributed by atoms with Crippen LogP contribution in [0.2, 0.25) is 0 Å². The molecule has 0 radical (unpaired) electrons. The van der Waals surface area contributed by atoms with Crippen molar-refractivity contribution in [3.63, 3.8) is 0 Å². The molecule has 2 nitrogen and oxygen atoms in total. The summed E-state index contributed by atoms with van der Waals surface area (Å²) in [6.45, 7) is 0. The molecule has 1 saturated carbocycles. The smallest absolute Gasteiger partial charge is 0.170 e. The zero-order chi connectivity index (χ0) is 11.5. The average molecular weight is 234 g/mol. The lowest BCUT2D eigenvalue weighted by Gasteiger charge is -2.01. The first kappa shape index (κ1) is 11.4. The van der Waals surface area contributed by atoms with Gasteiger partial charge in [-0.05, 0) is 31.2 Å². The minimum absolute atomic E-state index is 0.0513. The first-order valence-electron chi connectivity index (χ1n) is 5.40. The fourth-order valence-electron chi connectivity index (χ4n) is 1.59. The van der Waals surface area contributed by atoms with E-state index in [0.29, 0.717) is 5.56 Å². The van der Waals surface area contributed by atoms with Crippen molar-refractivity contribution in [2.24, 2.45) is 5.92 Å². The first-order valence-corrected chi connectivity index (χ1v) is 6.63. The van der Waals surface area contributed by atoms with Crippen molar-refractivity contribution in [1.82, 2.24) is 0 Å². The standard InChI is InChI=1S/C13H14O2S/c1-16-11-6-4-10(5-7-11)13(15)8-12(14)9-2-3-9/h4-7,9H,2-3,8H2,1H3. The van der Waals surface area contributed by atoms with Gasteiger partial charge in [0.1, 0.15) is 5.78 Å². The molecule has 0 unspecified atom stereocenters. The third kappa shape index (κ3) is 2.73. The molecule has 2 rings (SSSR count). The Kier molecular flexibility index (Phi) is 3.44. The number of carbonyl (C=O) groups excluding carboxylic acids is 2. The SMILES string of the molecule is CSc1ccc(C(=O)CC(=O)C2CC2)cc1. The number of carbonyl (C=O) groups is 2. The van der Waals surface area contributed by atoms with E-state index in [-0.39, 0.29) is 23.9 Å². The molecule has 0 aliphatic heterocycles. The van der Waals surface area contributed by atoms with Crippen molar-refractivity contribution in [2.45, 2.75) is 24.2 Å². The molecular weight excluding hydrogens is 220 g/mol. The monoisotopic (exact) mass is 234 g/mol. The van der Waals surface area contributed by atoms with Crippen molar-refractivity contribution in [3.8, 4) is 0 Å². The van der Waals surface area contributed by atoms with Gasteiger partial charge in [0.05, 0.1) is 6.42 Å². The molecule has 0 heterocycles. The molecule has 0 atom stereocenters. The van der Waals surface area contributed by atoms with Crippen LogP contribution in [0.1, 0.15) is 29.6 Å². The summed E-state index contributed by atoms with van der Waals surface area (Å²) >= 11 is 1.64. The molecular formula is C13H14O2S. The number of hydrogen-bond acceptors (Lipinski definition) is 3. The first-order chi connectivity index (χ1) is 7.70. The van der Waals surface area contributed by atoms with Crippen LogP contribution < -0.4 is 0 Å². The number of ketones is 2. The Balaban J connectivity index is 1.99. The maximum absolute atomic E-state index is 11.8. The van der Waals surface area contributed by atoms with Gasteiger partial charge in [0.2, 0.25) is 0 Å². The van der Waals surface area contributed by atoms with Crippen molar-refractivity contribution in [3.05, 3.63) is 29.8 Å². The predicted molar refractivity (Wildman–Crippen MR) is 64.9 cm³/mol. The summed E-state index contributed by atoms with van der Waals surface area (Å²) in [6.07, 6.45) is 4.01. The highest BCUT2D eigenvalue weighted by atomic mass is 32.2. The number of benzene rings is 1. The topological polar surface area (TPSA) is 34.1 Å². The van der Waals surface area contributed by atoms with E-state index >= 15 is 0 Å². The molecule has 1 aliphatic carbocycles. The van der Waals surface area contributed by atoms with E-state index in [1.165, 1.54) is 0 Å². The second-order valence-electron chi connectivity index (χ2n) is 4.07. The normalized spacial score (nSPS) is 14.8. The van der Waals surface area contributed by atoms with E-state index in [1.807, 2.05) is 18.4 Å². The van der Waals surface area contributed by atoms with Gasteiger partial charge in [-0.2, -0.15) is 0 Å². The fraction of sp³-hybridized carbons (Fsp3) is 0.385. The molecule has 0 aromatic heterocycles. The molecule has 1 aliphatic rings. The highest BCUT2D eigenvalue weighted by molar-refractivity contribution is 7.98. The van der Waals surface area contributed by atoms with Crippen LogP contribution in [0.3, 0.4) is 0 Å².